The van der Waals surface area contributed by atoms with Gasteiger partial charge in [0.25, 0.3) is 5.91 Å². The van der Waals surface area contributed by atoms with Crippen LogP contribution < -0.4 is 5.32 Å². The number of amides is 1. The summed E-state index contributed by atoms with van der Waals surface area (Å²) >= 11 is 0. The SMILES string of the molecule is O=C(NCCCc1ncn[nH]1)c1ccc(C(F)(F)F)nc1. The highest BCUT2D eigenvalue weighted by Gasteiger charge is 2.32. The van der Waals surface area contributed by atoms with Gasteiger partial charge in [0.05, 0.1) is 5.56 Å². The second-order valence-corrected chi connectivity index (χ2v) is 4.22. The van der Waals surface area contributed by atoms with Crippen LogP contribution in [0.4, 0.5) is 13.2 Å². The average Bonchev–Trinajstić information content (AvgIpc) is 2.96. The molecule has 0 saturated carbocycles. The van der Waals surface area contributed by atoms with E-state index < -0.39 is 17.8 Å². The summed E-state index contributed by atoms with van der Waals surface area (Å²) in [7, 11) is 0. The maximum absolute atomic E-state index is 12.3. The number of carbonyl (C=O) groups excluding carboxylic acids is 1. The second-order valence-electron chi connectivity index (χ2n) is 4.22. The fourth-order valence-electron chi connectivity index (χ4n) is 1.61. The molecule has 2 rings (SSSR count). The van der Waals surface area contributed by atoms with E-state index in [0.29, 0.717) is 25.2 Å². The molecule has 2 aromatic rings. The van der Waals surface area contributed by atoms with Crippen LogP contribution in [0.1, 0.15) is 28.3 Å². The molecule has 0 spiro atoms. The molecule has 0 aliphatic rings. The molecule has 0 radical (unpaired) electrons. The second kappa shape index (κ2) is 6.33. The summed E-state index contributed by atoms with van der Waals surface area (Å²) in [6, 6.07) is 1.88. The fraction of sp³-hybridized carbons (Fsp3) is 0.333. The topological polar surface area (TPSA) is 83.6 Å². The molecule has 0 fully saturated rings. The molecular weight excluding hydrogens is 287 g/mol. The number of hydrogen-bond donors (Lipinski definition) is 2. The van der Waals surface area contributed by atoms with Crippen molar-refractivity contribution in [2.24, 2.45) is 0 Å². The number of H-pyrrole nitrogens is 1. The number of pyridine rings is 1. The lowest BCUT2D eigenvalue weighted by atomic mass is 10.2. The van der Waals surface area contributed by atoms with Crippen molar-refractivity contribution in [2.75, 3.05) is 6.54 Å². The van der Waals surface area contributed by atoms with Gasteiger partial charge < -0.3 is 5.32 Å². The zero-order valence-electron chi connectivity index (χ0n) is 10.8. The van der Waals surface area contributed by atoms with Crippen LogP contribution in [-0.4, -0.2) is 32.6 Å². The highest BCUT2D eigenvalue weighted by molar-refractivity contribution is 5.93. The molecule has 2 heterocycles. The van der Waals surface area contributed by atoms with Crippen molar-refractivity contribution >= 4 is 5.91 Å². The van der Waals surface area contributed by atoms with Gasteiger partial charge in [-0.1, -0.05) is 0 Å². The Bertz CT molecular complexity index is 580. The van der Waals surface area contributed by atoms with Crippen LogP contribution in [0.15, 0.2) is 24.7 Å². The minimum atomic E-state index is -4.51. The number of aryl methyl sites for hydroxylation is 1. The van der Waals surface area contributed by atoms with Crippen molar-refractivity contribution < 1.29 is 18.0 Å². The largest absolute Gasteiger partial charge is 0.433 e. The number of alkyl halides is 3. The van der Waals surface area contributed by atoms with Crippen molar-refractivity contribution in [1.29, 1.82) is 0 Å². The van der Waals surface area contributed by atoms with Crippen molar-refractivity contribution in [2.45, 2.75) is 19.0 Å². The molecule has 0 bridgehead atoms. The summed E-state index contributed by atoms with van der Waals surface area (Å²) in [5.41, 5.74) is -0.938. The normalized spacial score (nSPS) is 11.4. The van der Waals surface area contributed by atoms with Crippen molar-refractivity contribution in [1.82, 2.24) is 25.5 Å². The van der Waals surface area contributed by atoms with Gasteiger partial charge in [0, 0.05) is 19.2 Å². The Morgan fingerprint density at radius 1 is 1.29 bits per heavy atom. The summed E-state index contributed by atoms with van der Waals surface area (Å²) < 4.78 is 37.0. The van der Waals surface area contributed by atoms with Crippen LogP contribution in [0.2, 0.25) is 0 Å². The fourth-order valence-corrected chi connectivity index (χ4v) is 1.61. The number of aromatic nitrogens is 4. The molecule has 0 aliphatic carbocycles. The molecule has 0 saturated heterocycles. The minimum absolute atomic E-state index is 0.0858. The standard InChI is InChI=1S/C12H12F3N5O/c13-12(14,15)9-4-3-8(6-17-9)11(21)16-5-1-2-10-18-7-19-20-10/h3-4,6-7H,1-2,5H2,(H,16,21)(H,18,19,20). The number of halogens is 3. The summed E-state index contributed by atoms with van der Waals surface area (Å²) in [6.45, 7) is 0.376. The Labute approximate surface area is 117 Å². The molecule has 1 amide bonds. The van der Waals surface area contributed by atoms with Crippen LogP contribution >= 0.6 is 0 Å². The van der Waals surface area contributed by atoms with Crippen LogP contribution in [-0.2, 0) is 12.6 Å². The Hall–Kier alpha value is -2.45. The lowest BCUT2D eigenvalue weighted by Crippen LogP contribution is -2.25. The predicted octanol–water partition coefficient (Wildman–Crippen LogP) is 1.58. The quantitative estimate of drug-likeness (QED) is 0.821. The first-order valence-corrected chi connectivity index (χ1v) is 6.12. The van der Waals surface area contributed by atoms with Gasteiger partial charge in [-0.05, 0) is 18.6 Å². The molecular formula is C12H12F3N5O. The van der Waals surface area contributed by atoms with Crippen molar-refractivity contribution in [3.05, 3.63) is 41.7 Å². The Morgan fingerprint density at radius 3 is 2.67 bits per heavy atom. The summed E-state index contributed by atoms with van der Waals surface area (Å²) in [5.74, 6) is 0.245. The molecule has 6 nitrogen and oxygen atoms in total. The molecule has 0 aromatic carbocycles. The predicted molar refractivity (Wildman–Crippen MR) is 66.3 cm³/mol. The zero-order valence-corrected chi connectivity index (χ0v) is 10.8. The Morgan fingerprint density at radius 2 is 2.10 bits per heavy atom. The van der Waals surface area contributed by atoms with E-state index in [1.807, 2.05) is 0 Å². The van der Waals surface area contributed by atoms with Crippen LogP contribution in [0.25, 0.3) is 0 Å². The average molecular weight is 299 g/mol. The molecule has 0 atom stereocenters. The van der Waals surface area contributed by atoms with Gasteiger partial charge >= 0.3 is 6.18 Å². The monoisotopic (exact) mass is 299 g/mol. The molecule has 2 N–H and O–H groups in total. The number of hydrogen-bond acceptors (Lipinski definition) is 4. The summed E-state index contributed by atoms with van der Waals surface area (Å²) in [4.78, 5) is 18.9. The molecule has 2 aromatic heterocycles. The highest BCUT2D eigenvalue weighted by atomic mass is 19.4. The first kappa shape index (κ1) is 14.9. The maximum Gasteiger partial charge on any atom is 0.433 e. The van der Waals surface area contributed by atoms with Crippen LogP contribution in [0.5, 0.6) is 0 Å². The third-order valence-electron chi connectivity index (χ3n) is 2.66. The lowest BCUT2D eigenvalue weighted by Gasteiger charge is -2.07. The lowest BCUT2D eigenvalue weighted by molar-refractivity contribution is -0.141. The molecule has 21 heavy (non-hydrogen) atoms. The van der Waals surface area contributed by atoms with E-state index in [1.165, 1.54) is 6.33 Å². The van der Waals surface area contributed by atoms with Gasteiger partial charge in [-0.3, -0.25) is 14.9 Å². The van der Waals surface area contributed by atoms with E-state index in [0.717, 1.165) is 18.3 Å². The molecule has 0 unspecified atom stereocenters. The third-order valence-corrected chi connectivity index (χ3v) is 2.66. The van der Waals surface area contributed by atoms with Gasteiger partial charge in [0.15, 0.2) is 0 Å². The van der Waals surface area contributed by atoms with E-state index in [9.17, 15) is 18.0 Å². The van der Waals surface area contributed by atoms with Gasteiger partial charge in [-0.25, -0.2) is 4.98 Å². The van der Waals surface area contributed by atoms with E-state index in [4.69, 9.17) is 0 Å². The van der Waals surface area contributed by atoms with Crippen LogP contribution in [0, 0.1) is 0 Å². The Balaban J connectivity index is 1.80. The number of carbonyl (C=O) groups is 1. The van der Waals surface area contributed by atoms with E-state index >= 15 is 0 Å². The van der Waals surface area contributed by atoms with Crippen molar-refractivity contribution in [3.8, 4) is 0 Å². The summed E-state index contributed by atoms with van der Waals surface area (Å²) in [6.07, 6.45) is -0.955. The number of nitrogens with one attached hydrogen (secondary N) is 2. The molecule has 0 aliphatic heterocycles. The van der Waals surface area contributed by atoms with Crippen LogP contribution in [0.3, 0.4) is 0 Å². The van der Waals surface area contributed by atoms with E-state index in [2.05, 4.69) is 25.5 Å². The first-order chi connectivity index (χ1) is 9.97. The van der Waals surface area contributed by atoms with Gasteiger partial charge in [0.2, 0.25) is 0 Å². The van der Waals surface area contributed by atoms with Crippen molar-refractivity contribution in [3.63, 3.8) is 0 Å². The third kappa shape index (κ3) is 4.26. The Kier molecular flexibility index (Phi) is 4.51. The number of nitrogens with zero attached hydrogens (tertiary/aromatic N) is 3. The van der Waals surface area contributed by atoms with E-state index in [1.54, 1.807) is 0 Å². The summed E-state index contributed by atoms with van der Waals surface area (Å²) in [5, 5.41) is 8.97. The highest BCUT2D eigenvalue weighted by Crippen LogP contribution is 2.27. The van der Waals surface area contributed by atoms with Gasteiger partial charge in [0.1, 0.15) is 17.8 Å². The zero-order chi connectivity index (χ0) is 15.3. The molecule has 9 heteroatoms. The van der Waals surface area contributed by atoms with E-state index in [-0.39, 0.29) is 5.56 Å². The minimum Gasteiger partial charge on any atom is -0.352 e. The molecule has 112 valence electrons. The first-order valence-electron chi connectivity index (χ1n) is 6.12. The van der Waals surface area contributed by atoms with Gasteiger partial charge in [-0.15, -0.1) is 0 Å². The number of rotatable bonds is 5. The smallest absolute Gasteiger partial charge is 0.352 e. The maximum atomic E-state index is 12.3. The number of aromatic amines is 1. The van der Waals surface area contributed by atoms with Gasteiger partial charge in [-0.2, -0.15) is 18.3 Å².